The van der Waals surface area contributed by atoms with Crippen LogP contribution in [0.25, 0.3) is 0 Å². The molecule has 16 heavy (non-hydrogen) atoms. The molecule has 88 valence electrons. The number of nitrogens with one attached hydrogen (secondary N) is 1. The topological polar surface area (TPSA) is 32.3 Å². The van der Waals surface area contributed by atoms with Gasteiger partial charge in [0.25, 0.3) is 0 Å². The van der Waals surface area contributed by atoms with Gasteiger partial charge in [0.05, 0.1) is 0 Å². The van der Waals surface area contributed by atoms with Crippen LogP contribution >= 0.6 is 15.9 Å². The molecule has 0 saturated heterocycles. The Morgan fingerprint density at radius 1 is 1.56 bits per heavy atom. The van der Waals surface area contributed by atoms with Gasteiger partial charge in [-0.05, 0) is 49.4 Å². The number of hydrogen-bond acceptors (Lipinski definition) is 2. The van der Waals surface area contributed by atoms with Gasteiger partial charge in [0, 0.05) is 23.2 Å². The Kier molecular flexibility index (Phi) is 4.00. The van der Waals surface area contributed by atoms with Crippen molar-refractivity contribution in [1.82, 2.24) is 5.32 Å². The van der Waals surface area contributed by atoms with Crippen molar-refractivity contribution in [3.05, 3.63) is 33.8 Å². The maximum absolute atomic E-state index is 8.90. The minimum absolute atomic E-state index is 0.258. The summed E-state index contributed by atoms with van der Waals surface area (Å²) >= 11 is 3.51. The van der Waals surface area contributed by atoms with Crippen LogP contribution in [0.5, 0.6) is 0 Å². The zero-order valence-corrected chi connectivity index (χ0v) is 11.1. The number of benzene rings is 1. The first-order valence-corrected chi connectivity index (χ1v) is 6.65. The Morgan fingerprint density at radius 3 is 3.12 bits per heavy atom. The number of aliphatic hydroxyl groups is 1. The highest BCUT2D eigenvalue weighted by Crippen LogP contribution is 2.33. The van der Waals surface area contributed by atoms with Gasteiger partial charge < -0.3 is 10.4 Å². The molecule has 3 heteroatoms. The zero-order chi connectivity index (χ0) is 11.5. The normalized spacial score (nSPS) is 20.8. The first kappa shape index (κ1) is 12.1. The lowest BCUT2D eigenvalue weighted by atomic mass is 10.1. The number of fused-ring (bicyclic) bond motifs is 1. The second-order valence-corrected chi connectivity index (χ2v) is 5.43. The van der Waals surface area contributed by atoms with E-state index in [0.717, 1.165) is 17.3 Å². The van der Waals surface area contributed by atoms with Crippen LogP contribution in [-0.2, 0) is 6.42 Å². The molecule has 2 N–H and O–H groups in total. The fraction of sp³-hybridized carbons (Fsp3) is 0.538. The largest absolute Gasteiger partial charge is 0.396 e. The summed E-state index contributed by atoms with van der Waals surface area (Å²) in [4.78, 5) is 0. The summed E-state index contributed by atoms with van der Waals surface area (Å²) in [5.74, 6) is 0. The Balaban J connectivity index is 2.06. The monoisotopic (exact) mass is 283 g/mol. The van der Waals surface area contributed by atoms with Crippen molar-refractivity contribution in [2.45, 2.75) is 38.3 Å². The van der Waals surface area contributed by atoms with E-state index in [2.05, 4.69) is 46.4 Å². The third-order valence-electron chi connectivity index (χ3n) is 3.23. The van der Waals surface area contributed by atoms with Gasteiger partial charge in [0.1, 0.15) is 0 Å². The molecule has 2 atom stereocenters. The molecule has 0 saturated carbocycles. The molecule has 0 bridgehead atoms. The molecule has 0 heterocycles. The van der Waals surface area contributed by atoms with Crippen LogP contribution in [-0.4, -0.2) is 17.8 Å². The van der Waals surface area contributed by atoms with Crippen molar-refractivity contribution in [2.75, 3.05) is 6.61 Å². The molecule has 0 amide bonds. The first-order chi connectivity index (χ1) is 7.70. The second-order valence-electron chi connectivity index (χ2n) is 4.51. The van der Waals surface area contributed by atoms with Crippen molar-refractivity contribution >= 4 is 15.9 Å². The minimum atomic E-state index is 0.258. The van der Waals surface area contributed by atoms with Crippen molar-refractivity contribution in [2.24, 2.45) is 0 Å². The van der Waals surface area contributed by atoms with Gasteiger partial charge in [-0.15, -0.1) is 0 Å². The molecular formula is C13H18BrNO. The summed E-state index contributed by atoms with van der Waals surface area (Å²) in [5.41, 5.74) is 2.87. The van der Waals surface area contributed by atoms with Crippen LogP contribution in [0.3, 0.4) is 0 Å². The van der Waals surface area contributed by atoms with Crippen LogP contribution in [0, 0.1) is 0 Å². The summed E-state index contributed by atoms with van der Waals surface area (Å²) in [7, 11) is 0. The van der Waals surface area contributed by atoms with Crippen molar-refractivity contribution < 1.29 is 5.11 Å². The van der Waals surface area contributed by atoms with Gasteiger partial charge in [0.2, 0.25) is 0 Å². The van der Waals surface area contributed by atoms with E-state index < -0.39 is 0 Å². The van der Waals surface area contributed by atoms with Crippen LogP contribution in [0.2, 0.25) is 0 Å². The van der Waals surface area contributed by atoms with Crippen molar-refractivity contribution in [3.8, 4) is 0 Å². The summed E-state index contributed by atoms with van der Waals surface area (Å²) in [5, 5.41) is 12.5. The quantitative estimate of drug-likeness (QED) is 0.891. The van der Waals surface area contributed by atoms with E-state index in [1.165, 1.54) is 17.5 Å². The molecule has 0 fully saturated rings. The first-order valence-electron chi connectivity index (χ1n) is 5.86. The lowest BCUT2D eigenvalue weighted by Crippen LogP contribution is -2.30. The maximum Gasteiger partial charge on any atom is 0.0445 e. The van der Waals surface area contributed by atoms with E-state index in [1.54, 1.807) is 0 Å². The Morgan fingerprint density at radius 2 is 2.38 bits per heavy atom. The Hall–Kier alpha value is -0.380. The van der Waals surface area contributed by atoms with E-state index in [0.29, 0.717) is 12.1 Å². The van der Waals surface area contributed by atoms with Crippen molar-refractivity contribution in [3.63, 3.8) is 0 Å². The number of aliphatic hydroxyl groups excluding tert-OH is 1. The van der Waals surface area contributed by atoms with E-state index >= 15 is 0 Å². The highest BCUT2D eigenvalue weighted by molar-refractivity contribution is 9.10. The number of aryl methyl sites for hydroxylation is 1. The number of rotatable bonds is 4. The third kappa shape index (κ3) is 2.65. The van der Waals surface area contributed by atoms with Gasteiger partial charge in [-0.25, -0.2) is 0 Å². The SMILES string of the molecule is C[C@H](CCO)NC1CCc2cc(Br)ccc21. The van der Waals surface area contributed by atoms with Gasteiger partial charge in [-0.3, -0.25) is 0 Å². The van der Waals surface area contributed by atoms with Crippen LogP contribution in [0.4, 0.5) is 0 Å². The summed E-state index contributed by atoms with van der Waals surface area (Å²) in [6.07, 6.45) is 3.14. The van der Waals surface area contributed by atoms with E-state index in [-0.39, 0.29) is 6.61 Å². The van der Waals surface area contributed by atoms with Crippen LogP contribution in [0.15, 0.2) is 22.7 Å². The Labute approximate surface area is 105 Å². The molecule has 0 radical (unpaired) electrons. The van der Waals surface area contributed by atoms with Crippen molar-refractivity contribution in [1.29, 1.82) is 0 Å². The maximum atomic E-state index is 8.90. The standard InChI is InChI=1S/C13H18BrNO/c1-9(6-7-16)15-13-5-2-10-8-11(14)3-4-12(10)13/h3-4,8-9,13,15-16H,2,5-7H2,1H3/t9-,13?/m1/s1. The highest BCUT2D eigenvalue weighted by atomic mass is 79.9. The van der Waals surface area contributed by atoms with Gasteiger partial charge in [-0.2, -0.15) is 0 Å². The van der Waals surface area contributed by atoms with Gasteiger partial charge in [-0.1, -0.05) is 22.0 Å². The summed E-state index contributed by atoms with van der Waals surface area (Å²) in [6.45, 7) is 2.39. The van der Waals surface area contributed by atoms with Gasteiger partial charge >= 0.3 is 0 Å². The second kappa shape index (κ2) is 5.30. The molecule has 0 aliphatic heterocycles. The minimum Gasteiger partial charge on any atom is -0.396 e. The highest BCUT2D eigenvalue weighted by Gasteiger charge is 2.23. The fourth-order valence-corrected chi connectivity index (χ4v) is 2.79. The average molecular weight is 284 g/mol. The smallest absolute Gasteiger partial charge is 0.0445 e. The zero-order valence-electron chi connectivity index (χ0n) is 9.54. The molecule has 0 aromatic heterocycles. The van der Waals surface area contributed by atoms with E-state index in [9.17, 15) is 0 Å². The van der Waals surface area contributed by atoms with E-state index in [4.69, 9.17) is 5.11 Å². The molecule has 1 aromatic rings. The molecule has 1 aliphatic carbocycles. The van der Waals surface area contributed by atoms with Gasteiger partial charge in [0.15, 0.2) is 0 Å². The summed E-state index contributed by atoms with van der Waals surface area (Å²) < 4.78 is 1.16. The lowest BCUT2D eigenvalue weighted by molar-refractivity contribution is 0.263. The molecule has 1 aromatic carbocycles. The third-order valence-corrected chi connectivity index (χ3v) is 3.72. The van der Waals surface area contributed by atoms with Crippen LogP contribution in [0.1, 0.15) is 36.9 Å². The lowest BCUT2D eigenvalue weighted by Gasteiger charge is -2.19. The van der Waals surface area contributed by atoms with E-state index in [1.807, 2.05) is 0 Å². The summed E-state index contributed by atoms with van der Waals surface area (Å²) in [6, 6.07) is 7.37. The molecule has 1 unspecified atom stereocenters. The Bertz CT molecular complexity index is 367. The predicted octanol–water partition coefficient (Wildman–Crippen LogP) is 2.80. The fourth-order valence-electron chi connectivity index (χ4n) is 2.38. The molecule has 2 nitrogen and oxygen atoms in total. The van der Waals surface area contributed by atoms with Crippen LogP contribution < -0.4 is 5.32 Å². The molecule has 1 aliphatic rings. The number of hydrogen-bond donors (Lipinski definition) is 2. The molecule has 2 rings (SSSR count). The number of halogens is 1. The predicted molar refractivity (Wildman–Crippen MR) is 69.5 cm³/mol. The average Bonchev–Trinajstić information content (AvgIpc) is 2.61. The molecular weight excluding hydrogens is 266 g/mol. The molecule has 0 spiro atoms.